The summed E-state index contributed by atoms with van der Waals surface area (Å²) in [6, 6.07) is 6.52. The number of anilines is 1. The number of hydrogen-bond donors (Lipinski definition) is 1. The van der Waals surface area contributed by atoms with E-state index in [2.05, 4.69) is 17.4 Å². The molecule has 2 aromatic rings. The van der Waals surface area contributed by atoms with Crippen molar-refractivity contribution in [1.29, 1.82) is 0 Å². The number of nitrogens with one attached hydrogen (secondary N) is 1. The van der Waals surface area contributed by atoms with Gasteiger partial charge in [-0.15, -0.1) is 0 Å². The van der Waals surface area contributed by atoms with Crippen molar-refractivity contribution in [1.82, 2.24) is 10.5 Å². The van der Waals surface area contributed by atoms with Gasteiger partial charge in [0.2, 0.25) is 0 Å². The highest BCUT2D eigenvalue weighted by molar-refractivity contribution is 6.03. The third-order valence-electron chi connectivity index (χ3n) is 5.07. The first-order valence-electron chi connectivity index (χ1n) is 8.82. The molecule has 2 heterocycles. The number of carbonyl (C=O) groups excluding carboxylic acids is 2. The zero-order valence-corrected chi connectivity index (χ0v) is 14.8. The summed E-state index contributed by atoms with van der Waals surface area (Å²) >= 11 is 0. The molecule has 7 heteroatoms. The van der Waals surface area contributed by atoms with Crippen LogP contribution in [0.3, 0.4) is 0 Å². The second-order valence-electron chi connectivity index (χ2n) is 6.98. The van der Waals surface area contributed by atoms with Gasteiger partial charge in [-0.25, -0.2) is 0 Å². The van der Waals surface area contributed by atoms with E-state index in [0.717, 1.165) is 30.6 Å². The average Bonchev–Trinajstić information content (AvgIpc) is 3.02. The molecule has 7 nitrogen and oxygen atoms in total. The van der Waals surface area contributed by atoms with Gasteiger partial charge in [0.15, 0.2) is 5.69 Å². The lowest BCUT2D eigenvalue weighted by molar-refractivity contribution is -0.120. The highest BCUT2D eigenvalue weighted by Gasteiger charge is 2.33. The average molecular weight is 355 g/mol. The number of aryl methyl sites for hydroxylation is 1. The fraction of sp³-hybridized carbons (Fsp3) is 0.421. The normalized spacial score (nSPS) is 22.1. The minimum Gasteiger partial charge on any atom is -0.489 e. The number of likely N-dealkylation sites (N-methyl/N-ethyl adjacent to an activating group) is 1. The van der Waals surface area contributed by atoms with Crippen LogP contribution < -0.4 is 15.0 Å². The van der Waals surface area contributed by atoms with Crippen molar-refractivity contribution >= 4 is 17.5 Å². The van der Waals surface area contributed by atoms with Crippen LogP contribution in [0.2, 0.25) is 0 Å². The molecule has 1 aromatic heterocycles. The Morgan fingerprint density at radius 3 is 3.00 bits per heavy atom. The number of aromatic nitrogens is 1. The molecule has 2 amide bonds. The van der Waals surface area contributed by atoms with Gasteiger partial charge in [0, 0.05) is 19.0 Å². The molecule has 2 atom stereocenters. The van der Waals surface area contributed by atoms with Gasteiger partial charge in [-0.2, -0.15) is 0 Å². The summed E-state index contributed by atoms with van der Waals surface area (Å²) in [5.41, 5.74) is 1.82. The van der Waals surface area contributed by atoms with Crippen molar-refractivity contribution in [3.8, 4) is 5.75 Å². The first-order valence-corrected chi connectivity index (χ1v) is 8.82. The minimum atomic E-state index is -0.784. The first-order chi connectivity index (χ1) is 12.5. The molecule has 0 fully saturated rings. The zero-order chi connectivity index (χ0) is 18.3. The van der Waals surface area contributed by atoms with E-state index in [4.69, 9.17) is 9.26 Å². The minimum absolute atomic E-state index is 0.0718. The summed E-state index contributed by atoms with van der Waals surface area (Å²) in [4.78, 5) is 27.0. The van der Waals surface area contributed by atoms with Gasteiger partial charge in [-0.05, 0) is 30.9 Å². The second-order valence-corrected chi connectivity index (χ2v) is 6.98. The third kappa shape index (κ3) is 2.83. The van der Waals surface area contributed by atoms with E-state index in [-0.39, 0.29) is 18.2 Å². The van der Waals surface area contributed by atoms with Crippen molar-refractivity contribution in [3.05, 3.63) is 41.3 Å². The fourth-order valence-electron chi connectivity index (χ4n) is 3.54. The molecule has 0 saturated carbocycles. The lowest BCUT2D eigenvalue weighted by atomic mass is 9.88. The number of rotatable bonds is 2. The summed E-state index contributed by atoms with van der Waals surface area (Å²) in [5.74, 6) is 1.25. The van der Waals surface area contributed by atoms with Crippen molar-refractivity contribution in [3.63, 3.8) is 0 Å². The van der Waals surface area contributed by atoms with E-state index < -0.39 is 11.9 Å². The third-order valence-corrected chi connectivity index (χ3v) is 5.07. The molecule has 1 N–H and O–H groups in total. The SMILES string of the molecule is C[C@H]1CCc2onc(C(=O)N[C@H]3COc4ccccc4N(C)C3=O)c2C1. The number of benzene rings is 1. The first kappa shape index (κ1) is 16.6. The molecule has 0 saturated heterocycles. The molecule has 26 heavy (non-hydrogen) atoms. The summed E-state index contributed by atoms with van der Waals surface area (Å²) < 4.78 is 11.1. The summed E-state index contributed by atoms with van der Waals surface area (Å²) in [6.07, 6.45) is 2.59. The maximum absolute atomic E-state index is 12.7. The Labute approximate surface area is 151 Å². The Morgan fingerprint density at radius 1 is 1.35 bits per heavy atom. The van der Waals surface area contributed by atoms with E-state index in [1.807, 2.05) is 18.2 Å². The molecule has 0 bridgehead atoms. The summed E-state index contributed by atoms with van der Waals surface area (Å²) in [6.45, 7) is 2.22. The van der Waals surface area contributed by atoms with Gasteiger partial charge in [0.05, 0.1) is 5.69 Å². The Balaban J connectivity index is 1.54. The number of hydrogen-bond acceptors (Lipinski definition) is 5. The lowest BCUT2D eigenvalue weighted by Gasteiger charge is -2.20. The van der Waals surface area contributed by atoms with Crippen LogP contribution in [0.1, 0.15) is 35.2 Å². The van der Waals surface area contributed by atoms with Crippen LogP contribution in [0, 0.1) is 5.92 Å². The van der Waals surface area contributed by atoms with Gasteiger partial charge >= 0.3 is 0 Å². The maximum atomic E-state index is 12.7. The van der Waals surface area contributed by atoms with Crippen molar-refractivity contribution in [2.75, 3.05) is 18.6 Å². The molecule has 0 spiro atoms. The molecule has 0 unspecified atom stereocenters. The molecular formula is C19H21N3O4. The van der Waals surface area contributed by atoms with E-state index in [9.17, 15) is 9.59 Å². The second kappa shape index (κ2) is 6.48. The molecule has 136 valence electrons. The summed E-state index contributed by atoms with van der Waals surface area (Å²) in [5, 5.41) is 6.72. The van der Waals surface area contributed by atoms with E-state index in [1.54, 1.807) is 13.1 Å². The number of para-hydroxylation sites is 2. The Hall–Kier alpha value is -2.83. The highest BCUT2D eigenvalue weighted by Crippen LogP contribution is 2.30. The van der Waals surface area contributed by atoms with E-state index in [1.165, 1.54) is 4.90 Å². The van der Waals surface area contributed by atoms with Crippen LogP contribution in [-0.4, -0.2) is 36.7 Å². The van der Waals surface area contributed by atoms with Gasteiger partial charge in [0.25, 0.3) is 11.8 Å². The molecule has 1 aliphatic heterocycles. The number of fused-ring (bicyclic) bond motifs is 2. The molecule has 2 aliphatic rings. The number of amides is 2. The standard InChI is InChI=1S/C19H21N3O4/c1-11-7-8-15-12(9-11)17(21-26-15)18(23)20-13-10-25-16-6-4-3-5-14(16)22(2)19(13)24/h3-6,11,13H,7-10H2,1-2H3,(H,20,23)/t11-,13-/m0/s1. The van der Waals surface area contributed by atoms with Gasteiger partial charge in [0.1, 0.15) is 24.2 Å². The van der Waals surface area contributed by atoms with Crippen molar-refractivity contribution in [2.24, 2.45) is 5.92 Å². The molecule has 1 aromatic carbocycles. The van der Waals surface area contributed by atoms with Crippen LogP contribution >= 0.6 is 0 Å². The van der Waals surface area contributed by atoms with Crippen LogP contribution in [-0.2, 0) is 17.6 Å². The predicted molar refractivity (Wildman–Crippen MR) is 94.3 cm³/mol. The van der Waals surface area contributed by atoms with Gasteiger partial charge in [-0.1, -0.05) is 24.2 Å². The largest absolute Gasteiger partial charge is 0.489 e. The Bertz CT molecular complexity index is 860. The number of ether oxygens (including phenoxy) is 1. The van der Waals surface area contributed by atoms with Crippen LogP contribution in [0.4, 0.5) is 5.69 Å². The quantitative estimate of drug-likeness (QED) is 0.890. The molecule has 1 aliphatic carbocycles. The maximum Gasteiger partial charge on any atom is 0.274 e. The highest BCUT2D eigenvalue weighted by atomic mass is 16.5. The Kier molecular flexibility index (Phi) is 4.14. The monoisotopic (exact) mass is 355 g/mol. The van der Waals surface area contributed by atoms with Gasteiger partial charge < -0.3 is 19.5 Å². The summed E-state index contributed by atoms with van der Waals surface area (Å²) in [7, 11) is 1.68. The lowest BCUT2D eigenvalue weighted by Crippen LogP contribution is -2.49. The van der Waals surface area contributed by atoms with Gasteiger partial charge in [-0.3, -0.25) is 9.59 Å². The predicted octanol–water partition coefficient (Wildman–Crippen LogP) is 1.95. The molecule has 0 radical (unpaired) electrons. The van der Waals surface area contributed by atoms with Crippen LogP contribution in [0.25, 0.3) is 0 Å². The van der Waals surface area contributed by atoms with Crippen LogP contribution in [0.15, 0.2) is 28.8 Å². The fourth-order valence-corrected chi connectivity index (χ4v) is 3.54. The van der Waals surface area contributed by atoms with E-state index in [0.29, 0.717) is 17.4 Å². The Morgan fingerprint density at radius 2 is 2.15 bits per heavy atom. The number of nitrogens with zero attached hydrogens (tertiary/aromatic N) is 2. The van der Waals surface area contributed by atoms with Crippen LogP contribution in [0.5, 0.6) is 5.75 Å². The topological polar surface area (TPSA) is 84.7 Å². The zero-order valence-electron chi connectivity index (χ0n) is 14.8. The van der Waals surface area contributed by atoms with E-state index >= 15 is 0 Å². The van der Waals surface area contributed by atoms with Crippen molar-refractivity contribution < 1.29 is 18.8 Å². The number of carbonyl (C=O) groups is 2. The smallest absolute Gasteiger partial charge is 0.274 e. The van der Waals surface area contributed by atoms with Crippen molar-refractivity contribution in [2.45, 2.75) is 32.2 Å². The molecular weight excluding hydrogens is 334 g/mol. The molecule has 4 rings (SSSR count).